The zero-order valence-corrected chi connectivity index (χ0v) is 48.2. The number of cyclic esters (lactones) is 1. The molecule has 3 aliphatic heterocycles. The number of halogens is 1. The van der Waals surface area contributed by atoms with Gasteiger partial charge in [-0.1, -0.05) is 38.1 Å². The summed E-state index contributed by atoms with van der Waals surface area (Å²) in [6, 6.07) is 3.40. The number of rotatable bonds is 18. The first-order chi connectivity index (χ1) is 35.8. The Hall–Kier alpha value is -3.34. The van der Waals surface area contributed by atoms with Crippen LogP contribution in [0.5, 0.6) is 0 Å². The van der Waals surface area contributed by atoms with Crippen LogP contribution in [0, 0.1) is 17.8 Å². The molecule has 77 heavy (non-hydrogen) atoms. The Morgan fingerprint density at radius 3 is 2.23 bits per heavy atom. The van der Waals surface area contributed by atoms with E-state index < -0.39 is 148 Å². The Bertz CT molecular complexity index is 2330. The fraction of sp³-hybridized carbons (Fsp3) is 0.811. The van der Waals surface area contributed by atoms with Crippen molar-refractivity contribution < 1.29 is 81.1 Å². The fourth-order valence-electron chi connectivity index (χ4n) is 11.6. The number of carbonyl (C=O) groups is 2. The maximum atomic E-state index is 14.9. The van der Waals surface area contributed by atoms with Crippen LogP contribution in [-0.4, -0.2) is 215 Å². The van der Waals surface area contributed by atoms with Gasteiger partial charge in [-0.2, -0.15) is 0 Å². The van der Waals surface area contributed by atoms with Crippen LogP contribution < -0.4 is 5.73 Å². The number of sulfone groups is 1. The van der Waals surface area contributed by atoms with Crippen LogP contribution in [0.15, 0.2) is 35.4 Å². The summed E-state index contributed by atoms with van der Waals surface area (Å²) in [6.07, 6.45) is -8.91. The van der Waals surface area contributed by atoms with Crippen molar-refractivity contribution in [3.8, 4) is 0 Å². The summed E-state index contributed by atoms with van der Waals surface area (Å²) >= 11 is 0. The number of likely N-dealkylation sites (N-methyl/N-ethyl adjacent to an activating group) is 2. The molecule has 3 aliphatic rings. The molecule has 5 rings (SSSR count). The molecule has 4 heterocycles. The molecule has 0 aliphatic carbocycles. The first-order valence-corrected chi connectivity index (χ1v) is 28.4. The Balaban J connectivity index is 1.43. The van der Waals surface area contributed by atoms with Gasteiger partial charge in [-0.25, -0.2) is 17.5 Å². The molecule has 22 nitrogen and oxygen atoms in total. The number of aromatic nitrogens is 3. The van der Waals surface area contributed by atoms with Crippen molar-refractivity contribution in [1.82, 2.24) is 24.8 Å². The predicted molar refractivity (Wildman–Crippen MR) is 279 cm³/mol. The van der Waals surface area contributed by atoms with Crippen molar-refractivity contribution in [2.24, 2.45) is 23.5 Å². The predicted octanol–water partition coefficient (Wildman–Crippen LogP) is 2.26. The summed E-state index contributed by atoms with van der Waals surface area (Å²) in [4.78, 5) is 29.5. The summed E-state index contributed by atoms with van der Waals surface area (Å²) in [5, 5.41) is 68.3. The van der Waals surface area contributed by atoms with E-state index in [-0.39, 0.29) is 30.1 Å². The number of methoxy groups -OCH3 is 2. The minimum Gasteiger partial charge on any atom is -0.459 e. The van der Waals surface area contributed by atoms with Gasteiger partial charge < -0.3 is 74.2 Å². The van der Waals surface area contributed by atoms with Gasteiger partial charge in [0.15, 0.2) is 22.4 Å². The van der Waals surface area contributed by atoms with E-state index in [1.54, 1.807) is 61.7 Å². The van der Waals surface area contributed by atoms with Crippen molar-refractivity contribution in [1.29, 1.82) is 0 Å². The highest BCUT2D eigenvalue weighted by Gasteiger charge is 2.53. The molecule has 0 spiro atoms. The molecular weight excluding hydrogens is 1030 g/mol. The van der Waals surface area contributed by atoms with Crippen LogP contribution in [0.1, 0.15) is 118 Å². The topological polar surface area (TPSA) is 297 Å². The molecule has 24 heteroatoms. The lowest BCUT2D eigenvalue weighted by atomic mass is 9.77. The van der Waals surface area contributed by atoms with Gasteiger partial charge in [-0.15, -0.1) is 5.10 Å². The normalized spacial score (nSPS) is 38.4. The largest absolute Gasteiger partial charge is 0.459 e. The lowest BCUT2D eigenvalue weighted by Crippen LogP contribution is -2.61. The van der Waals surface area contributed by atoms with Crippen molar-refractivity contribution in [3.05, 3.63) is 41.7 Å². The zero-order valence-electron chi connectivity index (χ0n) is 47.4. The van der Waals surface area contributed by atoms with Gasteiger partial charge in [0.1, 0.15) is 54.6 Å². The molecule has 440 valence electrons. The number of alkyl halides is 1. The van der Waals surface area contributed by atoms with E-state index in [9.17, 15) is 47.9 Å². The number of benzene rings is 1. The Morgan fingerprint density at radius 1 is 1.00 bits per heavy atom. The third-order valence-electron chi connectivity index (χ3n) is 16.4. The van der Waals surface area contributed by atoms with Crippen molar-refractivity contribution >= 4 is 21.7 Å². The number of carbonyl (C=O) groups excluding carboxylic acids is 2. The van der Waals surface area contributed by atoms with Crippen molar-refractivity contribution in [3.63, 3.8) is 0 Å². The van der Waals surface area contributed by atoms with Gasteiger partial charge in [-0.05, 0) is 105 Å². The number of hydrogen-bond donors (Lipinski definition) is 6. The van der Waals surface area contributed by atoms with Crippen LogP contribution in [0.3, 0.4) is 0 Å². The van der Waals surface area contributed by atoms with Gasteiger partial charge in [-0.3, -0.25) is 9.59 Å². The molecule has 1 aromatic carbocycles. The van der Waals surface area contributed by atoms with E-state index in [4.69, 9.17) is 38.9 Å². The van der Waals surface area contributed by atoms with Crippen LogP contribution in [-0.2, 0) is 59.0 Å². The second-order valence-electron chi connectivity index (χ2n) is 22.8. The molecule has 0 bridgehead atoms. The number of nitrogens with zero attached hydrogens (tertiary/aromatic N) is 5. The monoisotopic (exact) mass is 1120 g/mol. The number of hydrogen-bond acceptors (Lipinski definition) is 20. The molecule has 0 saturated carbocycles. The second-order valence-corrected chi connectivity index (χ2v) is 24.8. The highest BCUT2D eigenvalue weighted by atomic mass is 32.2. The standard InChI is InChI=1S/C53H89FN6O16S/c1-15-40-53(10,67)46(63)33(6)59(12)26-29(2)23-51(8,66)48(31(4)44(32(5)49(65)74-40)75-42-24-52(9,71-14)47(64)34(7)73-42)76-50-43(62)38(22-30(3)72-50)58(11)21-20-36-27-60(57-56-36)39(25-54)45(70-13)35-16-18-37(19-17-35)77(68,69)28-41(55)61/h16-19,27,29-34,38-40,42-48,50,62-64,66-67H,15,20-26,28H2,1-14H3,(H2,55,61)/t29-,30-,31+,32-,33-,34+,38+,39-,40-,42+,43-,44+,45-,46-,47+,48-,50+,51-,52-,53-/m1/s1. The SMILES string of the molecule is CC[C@H]1OC(=O)[C@H](C)[C@@H](O[C@H]2C[C@@](C)(OC)[C@@H](O)[C@H](C)O2)[C@H](C)[C@@H](O[C@@H]2O[C@H](C)C[C@H](N(C)CCc3cn([C@H](CF)[C@H](OC)c4ccc(S(=O)(=O)CC(N)=O)cc4)nn3)[C@H]2O)[C@](C)(O)C[C@@H](C)CN(C)[C@H](C)[C@@H](O)[C@]1(C)O. The number of aliphatic hydroxyl groups is 5. The molecule has 0 unspecified atom stereocenters. The Morgan fingerprint density at radius 2 is 1.65 bits per heavy atom. The molecule has 7 N–H and O–H groups in total. The van der Waals surface area contributed by atoms with E-state index in [0.717, 1.165) is 0 Å². The van der Waals surface area contributed by atoms with Crippen LogP contribution >= 0.6 is 0 Å². The molecule has 1 amide bonds. The van der Waals surface area contributed by atoms with Crippen LogP contribution in [0.25, 0.3) is 0 Å². The average Bonchev–Trinajstić information content (AvgIpc) is 3.84. The van der Waals surface area contributed by atoms with Gasteiger partial charge in [0.25, 0.3) is 0 Å². The van der Waals surface area contributed by atoms with Gasteiger partial charge in [0.05, 0.1) is 52.1 Å². The first kappa shape index (κ1) is 64.5. The highest BCUT2D eigenvalue weighted by Crippen LogP contribution is 2.41. The number of primary amides is 1. The van der Waals surface area contributed by atoms with E-state index >= 15 is 0 Å². The van der Waals surface area contributed by atoms with E-state index in [1.807, 2.05) is 30.7 Å². The molecule has 2 aromatic rings. The highest BCUT2D eigenvalue weighted by molar-refractivity contribution is 7.92. The van der Waals surface area contributed by atoms with Crippen molar-refractivity contribution in [2.75, 3.05) is 53.8 Å². The fourth-order valence-corrected chi connectivity index (χ4v) is 12.7. The van der Waals surface area contributed by atoms with E-state index in [2.05, 4.69) is 10.3 Å². The molecular formula is C53H89FN6O16S. The van der Waals surface area contributed by atoms with Crippen molar-refractivity contribution in [2.45, 2.75) is 209 Å². The Kier molecular flexibility index (Phi) is 22.2. The zero-order chi connectivity index (χ0) is 57.7. The molecule has 3 saturated heterocycles. The summed E-state index contributed by atoms with van der Waals surface area (Å²) in [5.41, 5.74) is 1.41. The maximum absolute atomic E-state index is 14.9. The quantitative estimate of drug-likeness (QED) is 0.117. The van der Waals surface area contributed by atoms with Gasteiger partial charge in [0, 0.05) is 64.3 Å². The number of aliphatic hydroxyl groups excluding tert-OH is 3. The second kappa shape index (κ2) is 26.5. The summed E-state index contributed by atoms with van der Waals surface area (Å²) in [7, 11) is 2.54. The van der Waals surface area contributed by atoms with Crippen LogP contribution in [0.4, 0.5) is 4.39 Å². The lowest BCUT2D eigenvalue weighted by Gasteiger charge is -2.49. The number of nitrogens with two attached hydrogens (primary N) is 1. The van der Waals surface area contributed by atoms with E-state index in [0.29, 0.717) is 37.2 Å². The van der Waals surface area contributed by atoms with Gasteiger partial charge >= 0.3 is 5.97 Å². The molecule has 3 fully saturated rings. The summed E-state index contributed by atoms with van der Waals surface area (Å²) in [6.45, 7) is 17.0. The Labute approximate surface area is 453 Å². The van der Waals surface area contributed by atoms with Gasteiger partial charge in [0.2, 0.25) is 5.91 Å². The van der Waals surface area contributed by atoms with E-state index in [1.165, 1.54) is 50.1 Å². The minimum atomic E-state index is -3.97. The summed E-state index contributed by atoms with van der Waals surface area (Å²) < 4.78 is 85.2. The third kappa shape index (κ3) is 15.2. The minimum absolute atomic E-state index is 0.0596. The van der Waals surface area contributed by atoms with Crippen LogP contribution in [0.2, 0.25) is 0 Å². The lowest BCUT2D eigenvalue weighted by molar-refractivity contribution is -0.318. The molecule has 0 radical (unpaired) electrons. The average molecular weight is 1120 g/mol. The number of esters is 1. The summed E-state index contributed by atoms with van der Waals surface area (Å²) in [5.74, 6) is -4.85. The first-order valence-electron chi connectivity index (χ1n) is 26.7. The smallest absolute Gasteiger partial charge is 0.311 e. The third-order valence-corrected chi connectivity index (χ3v) is 18.0. The number of ether oxygens (including phenoxy) is 7. The molecule has 20 atom stereocenters. The number of amides is 1. The molecule has 1 aromatic heterocycles. The maximum Gasteiger partial charge on any atom is 0.311 e.